The number of halogens is 1. The topological polar surface area (TPSA) is 125 Å². The lowest BCUT2D eigenvalue weighted by Crippen LogP contribution is -2.24. The zero-order chi connectivity index (χ0) is 31.6. The molecule has 234 valence electrons. The Morgan fingerprint density at radius 3 is 2.67 bits per heavy atom. The van der Waals surface area contributed by atoms with Crippen LogP contribution in [0.25, 0.3) is 55.7 Å². The van der Waals surface area contributed by atoms with Gasteiger partial charge in [-0.15, -0.1) is 0 Å². The van der Waals surface area contributed by atoms with Crippen molar-refractivity contribution in [1.82, 2.24) is 35.0 Å². The number of pyridine rings is 3. The third-order valence-corrected chi connectivity index (χ3v) is 8.52. The number of benzene rings is 1. The summed E-state index contributed by atoms with van der Waals surface area (Å²) in [5.74, 6) is 0.216. The monoisotopic (exact) mass is 618 g/mol. The van der Waals surface area contributed by atoms with Gasteiger partial charge in [0.1, 0.15) is 23.8 Å². The molecule has 0 radical (unpaired) electrons. The van der Waals surface area contributed by atoms with Crippen molar-refractivity contribution < 1.29 is 13.9 Å². The first-order valence-electron chi connectivity index (χ1n) is 15.6. The summed E-state index contributed by atoms with van der Waals surface area (Å²) in [5.41, 5.74) is 6.58. The van der Waals surface area contributed by atoms with Crippen molar-refractivity contribution in [2.24, 2.45) is 5.92 Å². The van der Waals surface area contributed by atoms with Crippen LogP contribution >= 0.6 is 0 Å². The largest absolute Gasteiger partial charge is 0.492 e. The average Bonchev–Trinajstić information content (AvgIpc) is 3.69. The number of fused-ring (bicyclic) bond motifs is 2. The number of anilines is 1. The molecule has 5 aromatic heterocycles. The fourth-order valence-corrected chi connectivity index (χ4v) is 6.10. The molecular formula is C35H35FN8O2. The van der Waals surface area contributed by atoms with Crippen LogP contribution in [0.3, 0.4) is 0 Å². The van der Waals surface area contributed by atoms with E-state index in [0.717, 1.165) is 71.1 Å². The Balaban J connectivity index is 1.19. The van der Waals surface area contributed by atoms with E-state index in [1.54, 1.807) is 24.8 Å². The number of likely N-dealkylation sites (N-methyl/N-ethyl adjacent to an activating group) is 1. The average molecular weight is 619 g/mol. The number of carbonyl (C=O) groups is 1. The number of carbonyl (C=O) groups excluding carboxylic acids is 1. The summed E-state index contributed by atoms with van der Waals surface area (Å²) < 4.78 is 20.5. The number of nitrogens with zero attached hydrogens (tertiary/aromatic N) is 5. The number of H-pyrrole nitrogens is 2. The maximum Gasteiger partial charge on any atom is 0.227 e. The van der Waals surface area contributed by atoms with Crippen LogP contribution in [0.15, 0.2) is 67.3 Å². The molecule has 0 atom stereocenters. The third kappa shape index (κ3) is 6.18. The number of rotatable bonds is 9. The molecule has 6 aromatic rings. The number of hydrogen-bond donors (Lipinski definition) is 3. The minimum Gasteiger partial charge on any atom is -0.492 e. The van der Waals surface area contributed by atoms with Crippen molar-refractivity contribution in [3.05, 3.63) is 73.1 Å². The summed E-state index contributed by atoms with van der Waals surface area (Å²) >= 11 is 0. The predicted octanol–water partition coefficient (Wildman–Crippen LogP) is 6.83. The van der Waals surface area contributed by atoms with Crippen LogP contribution in [-0.2, 0) is 4.79 Å². The fourth-order valence-electron chi connectivity index (χ4n) is 6.10. The molecule has 7 rings (SSSR count). The number of aromatic amines is 2. The molecule has 3 N–H and O–H groups in total. The van der Waals surface area contributed by atoms with E-state index in [-0.39, 0.29) is 17.6 Å². The molecule has 10 nitrogen and oxygen atoms in total. The second kappa shape index (κ2) is 12.7. The standard InChI is InChI=1S/C35H35FN8O2/c1-44(2)10-11-46-27-14-22(12-25(36)16-27)28-8-9-38-33-29(28)17-31(41-33)32-30-15-24(19-39-34(30)43-42-32)23-13-26(20-37-18-23)40-35(45)21-6-4-3-5-7-21/h8-9,12-21H,3-7,10-11H2,1-2H3,(H,38,41)(H,40,45)(H,39,42,43). The summed E-state index contributed by atoms with van der Waals surface area (Å²) in [6, 6.07) is 12.5. The lowest BCUT2D eigenvalue weighted by molar-refractivity contribution is -0.120. The van der Waals surface area contributed by atoms with Crippen LogP contribution in [0.4, 0.5) is 10.1 Å². The molecule has 46 heavy (non-hydrogen) atoms. The Kier molecular flexibility index (Phi) is 8.15. The van der Waals surface area contributed by atoms with Crippen LogP contribution in [-0.4, -0.2) is 68.2 Å². The van der Waals surface area contributed by atoms with E-state index < -0.39 is 0 Å². The van der Waals surface area contributed by atoms with Gasteiger partial charge >= 0.3 is 0 Å². The molecule has 0 spiro atoms. The number of aromatic nitrogens is 6. The van der Waals surface area contributed by atoms with Crippen LogP contribution in [0.1, 0.15) is 32.1 Å². The van der Waals surface area contributed by atoms with Crippen LogP contribution in [0, 0.1) is 11.7 Å². The minimum absolute atomic E-state index is 0.0552. The van der Waals surface area contributed by atoms with Gasteiger partial charge in [-0.25, -0.2) is 14.4 Å². The number of hydrogen-bond acceptors (Lipinski definition) is 7. The fraction of sp³-hybridized carbons (Fsp3) is 0.286. The van der Waals surface area contributed by atoms with Gasteiger partial charge in [-0.3, -0.25) is 14.9 Å². The van der Waals surface area contributed by atoms with Crippen molar-refractivity contribution in [2.75, 3.05) is 32.6 Å². The molecule has 1 aliphatic carbocycles. The number of ether oxygens (including phenoxy) is 1. The zero-order valence-electron chi connectivity index (χ0n) is 25.8. The van der Waals surface area contributed by atoms with Crippen molar-refractivity contribution >= 4 is 33.7 Å². The van der Waals surface area contributed by atoms with E-state index in [4.69, 9.17) is 4.74 Å². The minimum atomic E-state index is -0.372. The van der Waals surface area contributed by atoms with Crippen LogP contribution < -0.4 is 10.1 Å². The third-order valence-electron chi connectivity index (χ3n) is 8.52. The summed E-state index contributed by atoms with van der Waals surface area (Å²) in [4.78, 5) is 31.8. The zero-order valence-corrected chi connectivity index (χ0v) is 25.8. The molecule has 0 unspecified atom stereocenters. The van der Waals surface area contributed by atoms with E-state index in [9.17, 15) is 9.18 Å². The molecule has 0 aliphatic heterocycles. The highest BCUT2D eigenvalue weighted by molar-refractivity contribution is 6.00. The van der Waals surface area contributed by atoms with Crippen molar-refractivity contribution in [2.45, 2.75) is 32.1 Å². The Labute approximate surface area is 265 Å². The quantitative estimate of drug-likeness (QED) is 0.162. The summed E-state index contributed by atoms with van der Waals surface area (Å²) in [6.45, 7) is 1.18. The molecule has 1 saturated carbocycles. The Morgan fingerprint density at radius 1 is 0.978 bits per heavy atom. The molecule has 1 amide bonds. The maximum absolute atomic E-state index is 14.7. The highest BCUT2D eigenvalue weighted by atomic mass is 19.1. The highest BCUT2D eigenvalue weighted by Gasteiger charge is 2.21. The maximum atomic E-state index is 14.7. The Bertz CT molecular complexity index is 2030. The first kappa shape index (κ1) is 29.5. The van der Waals surface area contributed by atoms with Crippen molar-refractivity contribution in [3.63, 3.8) is 0 Å². The van der Waals surface area contributed by atoms with Gasteiger partial charge in [0.2, 0.25) is 5.91 Å². The lowest BCUT2D eigenvalue weighted by atomic mass is 9.88. The molecule has 11 heteroatoms. The van der Waals surface area contributed by atoms with E-state index in [1.807, 2.05) is 49.3 Å². The smallest absolute Gasteiger partial charge is 0.227 e. The number of amides is 1. The summed E-state index contributed by atoms with van der Waals surface area (Å²) in [7, 11) is 3.93. The molecule has 0 bridgehead atoms. The Hall–Kier alpha value is -5.16. The molecular weight excluding hydrogens is 583 g/mol. The molecule has 1 aliphatic rings. The van der Waals surface area contributed by atoms with Crippen LogP contribution in [0.5, 0.6) is 5.75 Å². The van der Waals surface area contributed by atoms with Gasteiger partial charge in [-0.05, 0) is 74.5 Å². The van der Waals surface area contributed by atoms with Crippen LogP contribution in [0.2, 0.25) is 0 Å². The molecule has 1 fully saturated rings. The van der Waals surface area contributed by atoms with E-state index >= 15 is 0 Å². The van der Waals surface area contributed by atoms with E-state index in [1.165, 1.54) is 18.6 Å². The Morgan fingerprint density at radius 2 is 1.83 bits per heavy atom. The molecule has 5 heterocycles. The van der Waals surface area contributed by atoms with Crippen molar-refractivity contribution in [1.29, 1.82) is 0 Å². The molecule has 0 saturated heterocycles. The summed E-state index contributed by atoms with van der Waals surface area (Å²) in [5, 5.41) is 12.3. The van der Waals surface area contributed by atoms with Gasteiger partial charge in [-0.1, -0.05) is 19.3 Å². The van der Waals surface area contributed by atoms with Crippen molar-refractivity contribution in [3.8, 4) is 39.4 Å². The van der Waals surface area contributed by atoms with Gasteiger partial charge < -0.3 is 19.9 Å². The lowest BCUT2D eigenvalue weighted by Gasteiger charge is -2.20. The van der Waals surface area contributed by atoms with Gasteiger partial charge in [0.25, 0.3) is 0 Å². The SMILES string of the molecule is CN(C)CCOc1cc(F)cc(-c2ccnc3[nH]c(-c4[nH]nc5ncc(-c6cncc(NC(=O)C7CCCCC7)c6)cc45)cc23)c1. The first-order chi connectivity index (χ1) is 22.4. The molecule has 1 aromatic carbocycles. The summed E-state index contributed by atoms with van der Waals surface area (Å²) in [6.07, 6.45) is 12.1. The number of nitrogens with one attached hydrogen (secondary N) is 3. The van der Waals surface area contributed by atoms with Gasteiger partial charge in [0, 0.05) is 59.0 Å². The first-order valence-corrected chi connectivity index (χ1v) is 15.6. The normalized spacial score (nSPS) is 13.9. The van der Waals surface area contributed by atoms with Gasteiger partial charge in [-0.2, -0.15) is 5.10 Å². The second-order valence-electron chi connectivity index (χ2n) is 12.1. The van der Waals surface area contributed by atoms with E-state index in [0.29, 0.717) is 34.9 Å². The highest BCUT2D eigenvalue weighted by Crippen LogP contribution is 2.36. The van der Waals surface area contributed by atoms with E-state index in [2.05, 4.69) is 35.5 Å². The van der Waals surface area contributed by atoms with Gasteiger partial charge in [0.05, 0.1) is 23.3 Å². The second-order valence-corrected chi connectivity index (χ2v) is 12.1. The van der Waals surface area contributed by atoms with Gasteiger partial charge in [0.15, 0.2) is 5.65 Å². The predicted molar refractivity (Wildman–Crippen MR) is 177 cm³/mol.